The summed E-state index contributed by atoms with van der Waals surface area (Å²) < 4.78 is 16.1. The van der Waals surface area contributed by atoms with Gasteiger partial charge in [-0.2, -0.15) is 0 Å². The number of anilines is 3. The van der Waals surface area contributed by atoms with E-state index in [1.165, 1.54) is 16.1 Å². The lowest BCUT2D eigenvalue weighted by molar-refractivity contribution is -0.121. The summed E-state index contributed by atoms with van der Waals surface area (Å²) in [6.07, 6.45) is 3.20. The number of hydrogen-bond acceptors (Lipinski definition) is 9. The van der Waals surface area contributed by atoms with Crippen molar-refractivity contribution in [2.24, 2.45) is 0 Å². The molecule has 0 spiro atoms. The van der Waals surface area contributed by atoms with Gasteiger partial charge in [0, 0.05) is 43.6 Å². The maximum absolute atomic E-state index is 13.1. The van der Waals surface area contributed by atoms with E-state index in [2.05, 4.69) is 20.7 Å². The number of amides is 4. The minimum atomic E-state index is -0.638. The number of benzene rings is 2. The van der Waals surface area contributed by atoms with Crippen LogP contribution in [-0.4, -0.2) is 75.3 Å². The third-order valence-corrected chi connectivity index (χ3v) is 8.30. The van der Waals surface area contributed by atoms with Gasteiger partial charge in [-0.1, -0.05) is 29.4 Å². The van der Waals surface area contributed by atoms with E-state index in [1.54, 1.807) is 47.6 Å². The van der Waals surface area contributed by atoms with Crippen molar-refractivity contribution in [3.05, 3.63) is 72.0 Å². The van der Waals surface area contributed by atoms with Crippen LogP contribution in [-0.2, 0) is 32.2 Å². The van der Waals surface area contributed by atoms with Crippen molar-refractivity contribution < 1.29 is 33.2 Å². The summed E-state index contributed by atoms with van der Waals surface area (Å²) in [6, 6.07) is 15.7. The summed E-state index contributed by atoms with van der Waals surface area (Å²) >= 11 is 0. The van der Waals surface area contributed by atoms with E-state index < -0.39 is 35.5 Å². The van der Waals surface area contributed by atoms with Crippen LogP contribution in [0.4, 0.5) is 26.8 Å². The highest BCUT2D eigenvalue weighted by molar-refractivity contribution is 5.97. The van der Waals surface area contributed by atoms with Crippen LogP contribution in [0, 0.1) is 0 Å². The third-order valence-electron chi connectivity index (χ3n) is 8.30. The first-order chi connectivity index (χ1) is 23.6. The zero-order valence-electron chi connectivity index (χ0n) is 29.7. The average Bonchev–Trinajstić information content (AvgIpc) is 3.83. The first-order valence-electron chi connectivity index (χ1n) is 17.1. The minimum absolute atomic E-state index is 0.242. The maximum Gasteiger partial charge on any atom is 0.410 e. The number of aromatic nitrogens is 1. The molecular formula is C37H48N6O7. The molecule has 0 saturated carbocycles. The Morgan fingerprint density at radius 3 is 1.50 bits per heavy atom. The summed E-state index contributed by atoms with van der Waals surface area (Å²) in [5.74, 6) is 0.175. The molecule has 4 amide bonds. The van der Waals surface area contributed by atoms with Crippen LogP contribution in [0.25, 0.3) is 0 Å². The number of nitrogens with zero attached hydrogens (tertiary/aromatic N) is 4. The Morgan fingerprint density at radius 2 is 1.14 bits per heavy atom. The second kappa shape index (κ2) is 15.2. The fourth-order valence-electron chi connectivity index (χ4n) is 6.02. The molecular weight excluding hydrogens is 640 g/mol. The van der Waals surface area contributed by atoms with Gasteiger partial charge in [0.2, 0.25) is 11.8 Å². The largest absolute Gasteiger partial charge is 0.444 e. The zero-order chi connectivity index (χ0) is 36.1. The second-order valence-corrected chi connectivity index (χ2v) is 14.7. The number of rotatable bonds is 9. The molecule has 0 radical (unpaired) electrons. The Bertz CT molecular complexity index is 1520. The van der Waals surface area contributed by atoms with E-state index >= 15 is 0 Å². The topological polar surface area (TPSA) is 147 Å². The van der Waals surface area contributed by atoms with Crippen molar-refractivity contribution in [1.82, 2.24) is 15.0 Å². The highest BCUT2D eigenvalue weighted by atomic mass is 16.6. The molecule has 3 aromatic rings. The monoisotopic (exact) mass is 688 g/mol. The average molecular weight is 689 g/mol. The summed E-state index contributed by atoms with van der Waals surface area (Å²) in [5, 5.41) is 10.0. The van der Waals surface area contributed by atoms with Crippen molar-refractivity contribution in [3.63, 3.8) is 0 Å². The van der Waals surface area contributed by atoms with Crippen molar-refractivity contribution >= 4 is 41.2 Å². The molecule has 2 aliphatic rings. The van der Waals surface area contributed by atoms with E-state index in [4.69, 9.17) is 14.0 Å². The van der Waals surface area contributed by atoms with Gasteiger partial charge in [-0.3, -0.25) is 19.4 Å². The van der Waals surface area contributed by atoms with Crippen LogP contribution in [0.2, 0.25) is 0 Å². The Labute approximate surface area is 293 Å². The smallest absolute Gasteiger partial charge is 0.410 e. The Morgan fingerprint density at radius 1 is 0.720 bits per heavy atom. The molecule has 2 atom stereocenters. The van der Waals surface area contributed by atoms with Crippen molar-refractivity contribution in [3.8, 4) is 0 Å². The lowest BCUT2D eigenvalue weighted by atomic mass is 10.1. The second-order valence-electron chi connectivity index (χ2n) is 14.7. The first kappa shape index (κ1) is 36.2. The van der Waals surface area contributed by atoms with Gasteiger partial charge in [0.05, 0.1) is 0 Å². The standard InChI is InChI=1S/C37H48N6O7/c1-36(2,3)49-34(46)42-20-7-9-29(42)32(44)38-27-15-11-25(12-16-27)23-41(31-19-22-48-40-31)24-26-13-17-28(18-14-26)39-33(45)30-10-8-21-43(30)35(47)50-37(4,5)6/h11-19,22,29-30H,7-10,20-21,23-24H2,1-6H3,(H,38,44)(H,39,45)/t29-,30-/m0/s1. The molecule has 13 nitrogen and oxygen atoms in total. The molecule has 0 unspecified atom stereocenters. The highest BCUT2D eigenvalue weighted by Crippen LogP contribution is 2.25. The molecule has 50 heavy (non-hydrogen) atoms. The quantitative estimate of drug-likeness (QED) is 0.255. The molecule has 2 aromatic carbocycles. The molecule has 0 bridgehead atoms. The van der Waals surface area contributed by atoms with Gasteiger partial charge in [-0.15, -0.1) is 0 Å². The van der Waals surface area contributed by atoms with Gasteiger partial charge in [0.1, 0.15) is 29.5 Å². The third kappa shape index (κ3) is 9.76. The van der Waals surface area contributed by atoms with Gasteiger partial charge in [-0.05, 0) is 103 Å². The molecule has 268 valence electrons. The Kier molecular flexibility index (Phi) is 11.0. The van der Waals surface area contributed by atoms with E-state index in [9.17, 15) is 19.2 Å². The number of carbonyl (C=O) groups is 4. The van der Waals surface area contributed by atoms with Crippen LogP contribution < -0.4 is 15.5 Å². The van der Waals surface area contributed by atoms with Crippen LogP contribution in [0.1, 0.15) is 78.4 Å². The predicted octanol–water partition coefficient (Wildman–Crippen LogP) is 6.56. The molecule has 3 heterocycles. The Hall–Kier alpha value is -5.07. The van der Waals surface area contributed by atoms with Crippen LogP contribution in [0.15, 0.2) is 65.4 Å². The van der Waals surface area contributed by atoms with E-state index in [0.29, 0.717) is 56.2 Å². The number of hydrogen-bond donors (Lipinski definition) is 2. The number of ether oxygens (including phenoxy) is 2. The maximum atomic E-state index is 13.1. The van der Waals surface area contributed by atoms with E-state index in [0.717, 1.165) is 24.0 Å². The zero-order valence-corrected chi connectivity index (χ0v) is 29.7. The molecule has 2 aliphatic heterocycles. The van der Waals surface area contributed by atoms with Gasteiger partial charge in [0.25, 0.3) is 0 Å². The normalized spacial score (nSPS) is 17.7. The summed E-state index contributed by atoms with van der Waals surface area (Å²) in [7, 11) is 0. The van der Waals surface area contributed by atoms with Gasteiger partial charge < -0.3 is 29.5 Å². The number of likely N-dealkylation sites (tertiary alicyclic amines) is 2. The lowest BCUT2D eigenvalue weighted by Crippen LogP contribution is -2.45. The molecule has 2 fully saturated rings. The lowest BCUT2D eigenvalue weighted by Gasteiger charge is -2.28. The number of nitrogens with one attached hydrogen (secondary N) is 2. The first-order valence-corrected chi connectivity index (χ1v) is 17.1. The van der Waals surface area contributed by atoms with Crippen LogP contribution in [0.5, 0.6) is 0 Å². The predicted molar refractivity (Wildman–Crippen MR) is 188 cm³/mol. The summed E-state index contributed by atoms with van der Waals surface area (Å²) in [6.45, 7) is 12.8. The van der Waals surface area contributed by atoms with Crippen LogP contribution >= 0.6 is 0 Å². The van der Waals surface area contributed by atoms with Gasteiger partial charge in [-0.25, -0.2) is 9.59 Å². The highest BCUT2D eigenvalue weighted by Gasteiger charge is 2.38. The number of carbonyl (C=O) groups excluding carboxylic acids is 4. The van der Waals surface area contributed by atoms with E-state index in [-0.39, 0.29) is 11.8 Å². The molecule has 1 aromatic heterocycles. The van der Waals surface area contributed by atoms with Crippen molar-refractivity contribution in [1.29, 1.82) is 0 Å². The van der Waals surface area contributed by atoms with Gasteiger partial charge in [0.15, 0.2) is 5.82 Å². The fourth-order valence-corrected chi connectivity index (χ4v) is 6.02. The van der Waals surface area contributed by atoms with Crippen LogP contribution in [0.3, 0.4) is 0 Å². The van der Waals surface area contributed by atoms with Crippen molar-refractivity contribution in [2.75, 3.05) is 28.6 Å². The fraction of sp³-hybridized carbons (Fsp3) is 0.486. The van der Waals surface area contributed by atoms with Crippen molar-refractivity contribution in [2.45, 2.75) is 104 Å². The molecule has 2 N–H and O–H groups in total. The Balaban J connectivity index is 1.18. The summed E-state index contributed by atoms with van der Waals surface area (Å²) in [4.78, 5) is 56.6. The molecule has 13 heteroatoms. The SMILES string of the molecule is CC(C)(C)OC(=O)N1CCC[C@H]1C(=O)Nc1ccc(CN(Cc2ccc(NC(=O)[C@@H]3CCCN3C(=O)OC(C)(C)C)cc2)c2ccon2)cc1. The molecule has 0 aliphatic carbocycles. The van der Waals surface area contributed by atoms with E-state index in [1.807, 2.05) is 48.5 Å². The summed E-state index contributed by atoms with van der Waals surface area (Å²) in [5.41, 5.74) is 1.95. The molecule has 2 saturated heterocycles. The van der Waals surface area contributed by atoms with Gasteiger partial charge >= 0.3 is 12.2 Å². The minimum Gasteiger partial charge on any atom is -0.444 e. The molecule has 5 rings (SSSR count).